The number of rotatable bonds is 5. The van der Waals surface area contributed by atoms with Crippen LogP contribution in [0.5, 0.6) is 0 Å². The van der Waals surface area contributed by atoms with Crippen molar-refractivity contribution < 1.29 is 9.21 Å². The molecule has 0 unspecified atom stereocenters. The summed E-state index contributed by atoms with van der Waals surface area (Å²) >= 11 is 5.28. The van der Waals surface area contributed by atoms with Gasteiger partial charge in [-0.25, -0.2) is 0 Å². The first-order chi connectivity index (χ1) is 15.6. The van der Waals surface area contributed by atoms with Crippen molar-refractivity contribution in [3.05, 3.63) is 78.6 Å². The van der Waals surface area contributed by atoms with E-state index in [-0.39, 0.29) is 11.0 Å². The number of benzene rings is 2. The first-order valence-corrected chi connectivity index (χ1v) is 11.3. The maximum atomic E-state index is 12.2. The zero-order valence-electron chi connectivity index (χ0n) is 18.1. The second-order valence-electron chi connectivity index (χ2n) is 7.93. The van der Waals surface area contributed by atoms with E-state index in [1.54, 1.807) is 6.08 Å². The molecule has 6 heteroatoms. The van der Waals surface area contributed by atoms with Crippen LogP contribution in [0.15, 0.2) is 77.2 Å². The normalized spacial score (nSPS) is 16.2. The van der Waals surface area contributed by atoms with Gasteiger partial charge in [-0.1, -0.05) is 30.3 Å². The first-order valence-electron chi connectivity index (χ1n) is 10.9. The second kappa shape index (κ2) is 10.3. The lowest BCUT2D eigenvalue weighted by atomic mass is 10.0. The molecule has 0 aliphatic carbocycles. The van der Waals surface area contributed by atoms with Crippen LogP contribution in [0.2, 0.25) is 0 Å². The Morgan fingerprint density at radius 1 is 1.06 bits per heavy atom. The molecule has 2 heterocycles. The van der Waals surface area contributed by atoms with Crippen LogP contribution in [-0.4, -0.2) is 23.6 Å². The number of carbonyl (C=O) groups is 1. The summed E-state index contributed by atoms with van der Waals surface area (Å²) in [5.74, 6) is 1.03. The predicted molar refractivity (Wildman–Crippen MR) is 135 cm³/mol. The maximum absolute atomic E-state index is 12.2. The summed E-state index contributed by atoms with van der Waals surface area (Å²) in [4.78, 5) is 14.7. The highest BCUT2D eigenvalue weighted by atomic mass is 32.1. The Bertz CT molecular complexity index is 1090. The number of hydrogen-bond acceptors (Lipinski definition) is 4. The highest BCUT2D eigenvalue weighted by Gasteiger charge is 2.18. The van der Waals surface area contributed by atoms with E-state index >= 15 is 0 Å². The van der Waals surface area contributed by atoms with Gasteiger partial charge in [0.2, 0.25) is 5.91 Å². The van der Waals surface area contributed by atoms with Crippen molar-refractivity contribution in [1.82, 2.24) is 5.32 Å². The standard InChI is InChI=1S/C26H27N3O2S/c1-19-7-5-6-18-29(19)22-12-10-21(11-13-22)27-26(32)28-25(30)17-15-23-14-16-24(31-23)20-8-3-2-4-9-20/h2-4,8-17,19H,5-7,18H2,1H3,(H2,27,28,30,32)/b17-15+/t19-/m0/s1. The van der Waals surface area contributed by atoms with Gasteiger partial charge < -0.3 is 14.6 Å². The third kappa shape index (κ3) is 5.65. The highest BCUT2D eigenvalue weighted by molar-refractivity contribution is 7.80. The van der Waals surface area contributed by atoms with Crippen molar-refractivity contribution in [1.29, 1.82) is 0 Å². The molecule has 32 heavy (non-hydrogen) atoms. The van der Waals surface area contributed by atoms with Crippen molar-refractivity contribution >= 4 is 40.7 Å². The number of thiocarbonyl (C=S) groups is 1. The Morgan fingerprint density at radius 2 is 1.84 bits per heavy atom. The maximum Gasteiger partial charge on any atom is 0.250 e. The summed E-state index contributed by atoms with van der Waals surface area (Å²) in [6.45, 7) is 3.37. The van der Waals surface area contributed by atoms with Crippen LogP contribution in [0.4, 0.5) is 11.4 Å². The molecule has 1 amide bonds. The molecule has 4 rings (SSSR count). The molecule has 1 aromatic heterocycles. The molecule has 0 radical (unpaired) electrons. The Kier molecular flexibility index (Phi) is 7.02. The molecule has 5 nitrogen and oxygen atoms in total. The number of anilines is 2. The van der Waals surface area contributed by atoms with Crippen LogP contribution in [0.3, 0.4) is 0 Å². The zero-order valence-corrected chi connectivity index (χ0v) is 18.9. The van der Waals surface area contributed by atoms with Gasteiger partial charge in [-0.2, -0.15) is 0 Å². The molecule has 1 saturated heterocycles. The Labute approximate surface area is 194 Å². The quantitative estimate of drug-likeness (QED) is 0.381. The lowest BCUT2D eigenvalue weighted by Gasteiger charge is -2.35. The van der Waals surface area contributed by atoms with Crippen LogP contribution in [-0.2, 0) is 4.79 Å². The van der Waals surface area contributed by atoms with Crippen molar-refractivity contribution in [3.63, 3.8) is 0 Å². The Hall–Kier alpha value is -3.38. The average molecular weight is 446 g/mol. The molecule has 2 N–H and O–H groups in total. The number of nitrogens with zero attached hydrogens (tertiary/aromatic N) is 1. The number of furan rings is 1. The van der Waals surface area contributed by atoms with Gasteiger partial charge in [0, 0.05) is 35.6 Å². The van der Waals surface area contributed by atoms with E-state index in [0.29, 0.717) is 11.8 Å². The summed E-state index contributed by atoms with van der Waals surface area (Å²) < 4.78 is 5.77. The average Bonchev–Trinajstić information content (AvgIpc) is 3.28. The number of hydrogen-bond donors (Lipinski definition) is 2. The molecule has 2 aromatic carbocycles. The summed E-state index contributed by atoms with van der Waals surface area (Å²) in [5, 5.41) is 5.98. The van der Waals surface area contributed by atoms with Crippen molar-refractivity contribution in [3.8, 4) is 11.3 Å². The smallest absolute Gasteiger partial charge is 0.250 e. The first kappa shape index (κ1) is 21.8. The minimum Gasteiger partial charge on any atom is -0.457 e. The molecule has 0 spiro atoms. The number of piperidine rings is 1. The van der Waals surface area contributed by atoms with Crippen LogP contribution < -0.4 is 15.5 Å². The van der Waals surface area contributed by atoms with Crippen molar-refractivity contribution in [2.75, 3.05) is 16.8 Å². The minimum absolute atomic E-state index is 0.253. The van der Waals surface area contributed by atoms with Gasteiger partial charge in [-0.15, -0.1) is 0 Å². The molecule has 0 bridgehead atoms. The number of nitrogens with one attached hydrogen (secondary N) is 2. The van der Waals surface area contributed by atoms with Crippen molar-refractivity contribution in [2.24, 2.45) is 0 Å². The van der Waals surface area contributed by atoms with Crippen LogP contribution >= 0.6 is 12.2 Å². The van der Waals surface area contributed by atoms with E-state index in [0.717, 1.165) is 23.6 Å². The van der Waals surface area contributed by atoms with E-state index in [2.05, 4.69) is 34.6 Å². The van der Waals surface area contributed by atoms with Crippen LogP contribution in [0.1, 0.15) is 31.9 Å². The monoisotopic (exact) mass is 445 g/mol. The number of carbonyl (C=O) groups excluding carboxylic acids is 1. The summed E-state index contributed by atoms with van der Waals surface area (Å²) in [6.07, 6.45) is 6.80. The third-order valence-electron chi connectivity index (χ3n) is 5.58. The molecule has 1 atom stereocenters. The summed E-state index contributed by atoms with van der Waals surface area (Å²) in [7, 11) is 0. The topological polar surface area (TPSA) is 57.5 Å². The predicted octanol–water partition coefficient (Wildman–Crippen LogP) is 5.85. The molecule has 0 saturated carbocycles. The lowest BCUT2D eigenvalue weighted by molar-refractivity contribution is -0.115. The third-order valence-corrected chi connectivity index (χ3v) is 5.78. The van der Waals surface area contributed by atoms with Gasteiger partial charge in [0.05, 0.1) is 0 Å². The van der Waals surface area contributed by atoms with Gasteiger partial charge in [0.25, 0.3) is 0 Å². The molecular weight excluding hydrogens is 418 g/mol. The van der Waals surface area contributed by atoms with Crippen LogP contribution in [0, 0.1) is 0 Å². The zero-order chi connectivity index (χ0) is 22.3. The lowest BCUT2D eigenvalue weighted by Crippen LogP contribution is -2.37. The molecule has 1 aliphatic rings. The van der Waals surface area contributed by atoms with E-state index in [1.807, 2.05) is 54.6 Å². The largest absolute Gasteiger partial charge is 0.457 e. The fourth-order valence-corrected chi connectivity index (χ4v) is 4.11. The fraction of sp³-hybridized carbons (Fsp3) is 0.231. The highest BCUT2D eigenvalue weighted by Crippen LogP contribution is 2.26. The SMILES string of the molecule is C[C@H]1CCCCN1c1ccc(NC(=S)NC(=O)/C=C/c2ccc(-c3ccccc3)o2)cc1. The van der Waals surface area contributed by atoms with Gasteiger partial charge in [0.15, 0.2) is 5.11 Å². The number of amides is 1. The second-order valence-corrected chi connectivity index (χ2v) is 8.34. The van der Waals surface area contributed by atoms with E-state index in [4.69, 9.17) is 16.6 Å². The molecule has 164 valence electrons. The van der Waals surface area contributed by atoms with Gasteiger partial charge in [-0.3, -0.25) is 10.1 Å². The molecule has 1 fully saturated rings. The van der Waals surface area contributed by atoms with Crippen molar-refractivity contribution in [2.45, 2.75) is 32.2 Å². The van der Waals surface area contributed by atoms with Gasteiger partial charge >= 0.3 is 0 Å². The van der Waals surface area contributed by atoms with E-state index < -0.39 is 0 Å². The van der Waals surface area contributed by atoms with Gasteiger partial charge in [0.1, 0.15) is 11.5 Å². The molecule has 3 aromatic rings. The summed E-state index contributed by atoms with van der Waals surface area (Å²) in [5.41, 5.74) is 3.04. The fourth-order valence-electron chi connectivity index (χ4n) is 3.89. The van der Waals surface area contributed by atoms with E-state index in [1.165, 1.54) is 31.0 Å². The van der Waals surface area contributed by atoms with E-state index in [9.17, 15) is 4.79 Å². The molecule has 1 aliphatic heterocycles. The Balaban J connectivity index is 1.28. The Morgan fingerprint density at radius 3 is 2.59 bits per heavy atom. The summed E-state index contributed by atoms with van der Waals surface area (Å²) in [6, 6.07) is 22.2. The van der Waals surface area contributed by atoms with Gasteiger partial charge in [-0.05, 0) is 80.9 Å². The van der Waals surface area contributed by atoms with Crippen LogP contribution in [0.25, 0.3) is 17.4 Å². The molecular formula is C26H27N3O2S. The minimum atomic E-state index is -0.320.